The highest BCUT2D eigenvalue weighted by Crippen LogP contribution is 2.25. The van der Waals surface area contributed by atoms with E-state index in [9.17, 15) is 0 Å². The van der Waals surface area contributed by atoms with Crippen LogP contribution in [0.2, 0.25) is 0 Å². The van der Waals surface area contributed by atoms with Crippen molar-refractivity contribution in [2.75, 3.05) is 5.73 Å². The molecule has 0 bridgehead atoms. The van der Waals surface area contributed by atoms with Gasteiger partial charge in [0.2, 0.25) is 0 Å². The van der Waals surface area contributed by atoms with Gasteiger partial charge in [0.15, 0.2) is 5.76 Å². The number of benzene rings is 1. The van der Waals surface area contributed by atoms with Crippen molar-refractivity contribution >= 4 is 5.82 Å². The molecule has 0 spiro atoms. The van der Waals surface area contributed by atoms with Gasteiger partial charge in [0, 0.05) is 36.6 Å². The lowest BCUT2D eigenvalue weighted by Crippen LogP contribution is -1.97. The van der Waals surface area contributed by atoms with Crippen LogP contribution >= 0.6 is 0 Å². The Labute approximate surface area is 163 Å². The molecule has 0 saturated carbocycles. The van der Waals surface area contributed by atoms with Crippen LogP contribution in [0.1, 0.15) is 22.4 Å². The van der Waals surface area contributed by atoms with Gasteiger partial charge < -0.3 is 15.0 Å². The number of ether oxygens (including phenoxy) is 1. The number of nitrogens with zero attached hydrogens (tertiary/aromatic N) is 3. The van der Waals surface area contributed by atoms with Gasteiger partial charge in [-0.25, -0.2) is 4.98 Å². The molecule has 0 radical (unpaired) electrons. The van der Waals surface area contributed by atoms with E-state index < -0.39 is 0 Å². The predicted molar refractivity (Wildman–Crippen MR) is 107 cm³/mol. The van der Waals surface area contributed by atoms with Crippen molar-refractivity contribution in [2.24, 2.45) is 0 Å². The average Bonchev–Trinajstić information content (AvgIpc) is 3.16. The lowest BCUT2D eigenvalue weighted by Gasteiger charge is -2.07. The van der Waals surface area contributed by atoms with Gasteiger partial charge >= 0.3 is 0 Å². The maximum Gasteiger partial charge on any atom is 0.170 e. The molecule has 6 heteroatoms. The Kier molecular flexibility index (Phi) is 5.01. The highest BCUT2D eigenvalue weighted by atomic mass is 16.5. The first-order valence-corrected chi connectivity index (χ1v) is 8.96. The Morgan fingerprint density at radius 2 is 1.89 bits per heavy atom. The molecule has 3 aromatic heterocycles. The fourth-order valence-electron chi connectivity index (χ4n) is 2.92. The number of aryl methyl sites for hydroxylation is 1. The minimum absolute atomic E-state index is 0.426. The van der Waals surface area contributed by atoms with E-state index in [4.69, 9.17) is 15.0 Å². The summed E-state index contributed by atoms with van der Waals surface area (Å²) in [5, 5.41) is 4.14. The standard InChI is InChI=1S/C22H20N4O2/c1-15-9-17(13-24-12-15)14-27-19-6-4-16(5-7-19)10-18-11-21(28-26-18)20-3-2-8-25-22(20)23/h2-9,11-13H,10,14H2,1H3,(H2,23,25). The van der Waals surface area contributed by atoms with Gasteiger partial charge in [-0.3, -0.25) is 4.98 Å². The number of nitrogen functional groups attached to an aromatic ring is 1. The highest BCUT2D eigenvalue weighted by molar-refractivity contribution is 5.69. The summed E-state index contributed by atoms with van der Waals surface area (Å²) in [6.45, 7) is 2.51. The van der Waals surface area contributed by atoms with Crippen LogP contribution in [0, 0.1) is 6.92 Å². The molecule has 1 aromatic carbocycles. The summed E-state index contributed by atoms with van der Waals surface area (Å²) in [5.41, 5.74) is 10.8. The van der Waals surface area contributed by atoms with Crippen LogP contribution in [-0.2, 0) is 13.0 Å². The molecule has 0 atom stereocenters. The zero-order chi connectivity index (χ0) is 19.3. The fraction of sp³-hybridized carbons (Fsp3) is 0.136. The Bertz CT molecular complexity index is 1070. The van der Waals surface area contributed by atoms with Crippen LogP contribution in [0.3, 0.4) is 0 Å². The largest absolute Gasteiger partial charge is 0.489 e. The summed E-state index contributed by atoms with van der Waals surface area (Å²) < 4.78 is 11.3. The van der Waals surface area contributed by atoms with Crippen molar-refractivity contribution in [1.82, 2.24) is 15.1 Å². The molecule has 0 saturated heterocycles. The molecule has 0 unspecified atom stereocenters. The molecule has 0 fully saturated rings. The maximum absolute atomic E-state index is 5.89. The van der Waals surface area contributed by atoms with E-state index in [0.29, 0.717) is 24.6 Å². The molecule has 0 aliphatic heterocycles. The average molecular weight is 372 g/mol. The number of rotatable bonds is 6. The first-order valence-electron chi connectivity index (χ1n) is 8.96. The molecule has 2 N–H and O–H groups in total. The lowest BCUT2D eigenvalue weighted by molar-refractivity contribution is 0.305. The molecule has 28 heavy (non-hydrogen) atoms. The minimum Gasteiger partial charge on any atom is -0.489 e. The molecule has 6 nitrogen and oxygen atoms in total. The third-order valence-corrected chi connectivity index (χ3v) is 4.31. The number of nitrogens with two attached hydrogens (primary N) is 1. The molecule has 140 valence electrons. The van der Waals surface area contributed by atoms with E-state index in [1.165, 1.54) is 0 Å². The van der Waals surface area contributed by atoms with E-state index in [1.54, 1.807) is 6.20 Å². The quantitative estimate of drug-likeness (QED) is 0.546. The van der Waals surface area contributed by atoms with Gasteiger partial charge in [-0.2, -0.15) is 0 Å². The second-order valence-electron chi connectivity index (χ2n) is 6.60. The first-order chi connectivity index (χ1) is 13.7. The minimum atomic E-state index is 0.426. The highest BCUT2D eigenvalue weighted by Gasteiger charge is 2.10. The van der Waals surface area contributed by atoms with E-state index >= 15 is 0 Å². The number of hydrogen-bond donors (Lipinski definition) is 1. The number of hydrogen-bond acceptors (Lipinski definition) is 6. The third kappa shape index (κ3) is 4.17. The lowest BCUT2D eigenvalue weighted by atomic mass is 10.1. The third-order valence-electron chi connectivity index (χ3n) is 4.31. The topological polar surface area (TPSA) is 87.1 Å². The van der Waals surface area contributed by atoms with E-state index in [2.05, 4.69) is 21.2 Å². The van der Waals surface area contributed by atoms with Crippen LogP contribution in [0.25, 0.3) is 11.3 Å². The van der Waals surface area contributed by atoms with Crippen LogP contribution in [0.5, 0.6) is 5.75 Å². The van der Waals surface area contributed by atoms with E-state index in [1.807, 2.05) is 61.8 Å². The molecule has 0 aliphatic carbocycles. The normalized spacial score (nSPS) is 10.8. The summed E-state index contributed by atoms with van der Waals surface area (Å²) >= 11 is 0. The molecule has 4 aromatic rings. The molecular weight excluding hydrogens is 352 g/mol. The molecule has 3 heterocycles. The zero-order valence-corrected chi connectivity index (χ0v) is 15.5. The zero-order valence-electron chi connectivity index (χ0n) is 15.5. The monoisotopic (exact) mass is 372 g/mol. The summed E-state index contributed by atoms with van der Waals surface area (Å²) in [7, 11) is 0. The van der Waals surface area contributed by atoms with Gasteiger partial charge in [-0.05, 0) is 48.4 Å². The van der Waals surface area contributed by atoms with Crippen LogP contribution in [-0.4, -0.2) is 15.1 Å². The number of pyridine rings is 2. The van der Waals surface area contributed by atoms with Crippen LogP contribution < -0.4 is 10.5 Å². The van der Waals surface area contributed by atoms with Gasteiger partial charge in [-0.1, -0.05) is 17.3 Å². The Hall–Kier alpha value is -3.67. The summed E-state index contributed by atoms with van der Waals surface area (Å²) in [5.74, 6) is 1.86. The van der Waals surface area contributed by atoms with Crippen LogP contribution in [0.15, 0.2) is 71.6 Å². The van der Waals surface area contributed by atoms with Gasteiger partial charge in [-0.15, -0.1) is 0 Å². The summed E-state index contributed by atoms with van der Waals surface area (Å²) in [6, 6.07) is 15.6. The SMILES string of the molecule is Cc1cncc(COc2ccc(Cc3cc(-c4cccnc4N)on3)cc2)c1. The Morgan fingerprint density at radius 1 is 1.04 bits per heavy atom. The number of aromatic nitrogens is 3. The van der Waals surface area contributed by atoms with Crippen molar-refractivity contribution < 1.29 is 9.26 Å². The van der Waals surface area contributed by atoms with Gasteiger partial charge in [0.05, 0.1) is 11.3 Å². The molecular formula is C22H20N4O2. The van der Waals surface area contributed by atoms with Crippen molar-refractivity contribution in [3.05, 3.63) is 89.5 Å². The molecule has 0 aliphatic rings. The predicted octanol–water partition coefficient (Wildman–Crippen LogP) is 4.19. The van der Waals surface area contributed by atoms with E-state index in [0.717, 1.165) is 33.7 Å². The summed E-state index contributed by atoms with van der Waals surface area (Å²) in [4.78, 5) is 8.25. The summed E-state index contributed by atoms with van der Waals surface area (Å²) in [6.07, 6.45) is 5.95. The smallest absolute Gasteiger partial charge is 0.170 e. The van der Waals surface area contributed by atoms with Crippen molar-refractivity contribution in [2.45, 2.75) is 20.0 Å². The van der Waals surface area contributed by atoms with Crippen molar-refractivity contribution in [3.8, 4) is 17.1 Å². The van der Waals surface area contributed by atoms with E-state index in [-0.39, 0.29) is 0 Å². The second-order valence-corrected chi connectivity index (χ2v) is 6.60. The molecule has 4 rings (SSSR count). The van der Waals surface area contributed by atoms with Crippen molar-refractivity contribution in [1.29, 1.82) is 0 Å². The maximum atomic E-state index is 5.89. The van der Waals surface area contributed by atoms with Gasteiger partial charge in [0.25, 0.3) is 0 Å². The second kappa shape index (κ2) is 7.92. The molecule has 0 amide bonds. The van der Waals surface area contributed by atoms with Crippen LogP contribution in [0.4, 0.5) is 5.82 Å². The fourth-order valence-corrected chi connectivity index (χ4v) is 2.92. The Balaban J connectivity index is 1.39. The first kappa shape index (κ1) is 17.7. The number of anilines is 1. The van der Waals surface area contributed by atoms with Gasteiger partial charge in [0.1, 0.15) is 18.2 Å². The Morgan fingerprint density at radius 3 is 2.68 bits per heavy atom. The van der Waals surface area contributed by atoms with Crippen molar-refractivity contribution in [3.63, 3.8) is 0 Å².